The molecule has 0 aliphatic heterocycles. The summed E-state index contributed by atoms with van der Waals surface area (Å²) >= 11 is 7.65. The summed E-state index contributed by atoms with van der Waals surface area (Å²) in [5, 5.41) is 1.47. The third-order valence-electron chi connectivity index (χ3n) is 3.41. The summed E-state index contributed by atoms with van der Waals surface area (Å²) in [4.78, 5) is 21.0. The predicted octanol–water partition coefficient (Wildman–Crippen LogP) is 4.37. The normalized spacial score (nSPS) is 10.9. The van der Waals surface area contributed by atoms with E-state index in [4.69, 9.17) is 11.6 Å². The number of hydrogen-bond acceptors (Lipinski definition) is 4. The van der Waals surface area contributed by atoms with Gasteiger partial charge in [-0.2, -0.15) is 0 Å². The Kier molecular flexibility index (Phi) is 7.74. The zero-order chi connectivity index (χ0) is 16.3. The summed E-state index contributed by atoms with van der Waals surface area (Å²) in [6.45, 7) is 5.48. The van der Waals surface area contributed by atoms with Crippen molar-refractivity contribution in [1.29, 1.82) is 0 Å². The third-order valence-corrected chi connectivity index (χ3v) is 4.65. The van der Waals surface area contributed by atoms with E-state index < -0.39 is 0 Å². The van der Waals surface area contributed by atoms with Crippen molar-refractivity contribution in [1.82, 2.24) is 9.88 Å². The molecule has 0 aliphatic carbocycles. The third kappa shape index (κ3) is 5.05. The van der Waals surface area contributed by atoms with Crippen molar-refractivity contribution >= 4 is 56.6 Å². The molecule has 0 atom stereocenters. The number of anilines is 1. The molecule has 0 saturated heterocycles. The highest BCUT2D eigenvalue weighted by Crippen LogP contribution is 2.33. The Hall–Kier alpha value is -0.880. The molecule has 0 spiro atoms. The quantitative estimate of drug-likeness (QED) is 0.751. The van der Waals surface area contributed by atoms with Crippen molar-refractivity contribution in [3.63, 3.8) is 0 Å². The molecule has 128 valence electrons. The number of aromatic nitrogens is 1. The zero-order valence-corrected chi connectivity index (χ0v) is 16.3. The molecule has 1 heterocycles. The van der Waals surface area contributed by atoms with Gasteiger partial charge in [0.2, 0.25) is 5.91 Å². The van der Waals surface area contributed by atoms with E-state index in [1.54, 1.807) is 0 Å². The molecule has 0 N–H and O–H groups in total. The number of carbonyl (C=O) groups is 1. The standard InChI is InChI=1S/C16H22ClN3OS.ClH/c1-5-6-14(21)20(8-7-19(3)4)16-18-15-11(2)9-12(17)10-13(15)22-16;/h9-10H,5-8H2,1-4H3;1H. The lowest BCUT2D eigenvalue weighted by molar-refractivity contribution is -0.118. The van der Waals surface area contributed by atoms with E-state index in [1.165, 1.54) is 11.3 Å². The molecule has 1 aromatic heterocycles. The van der Waals surface area contributed by atoms with Gasteiger partial charge in [-0.3, -0.25) is 9.69 Å². The van der Waals surface area contributed by atoms with Crippen molar-refractivity contribution in [3.8, 4) is 0 Å². The smallest absolute Gasteiger partial charge is 0.228 e. The van der Waals surface area contributed by atoms with Crippen molar-refractivity contribution in [2.24, 2.45) is 0 Å². The van der Waals surface area contributed by atoms with Crippen LogP contribution < -0.4 is 4.90 Å². The largest absolute Gasteiger partial charge is 0.308 e. The van der Waals surface area contributed by atoms with E-state index in [1.807, 2.05) is 45.0 Å². The molecule has 2 aromatic rings. The summed E-state index contributed by atoms with van der Waals surface area (Å²) in [6.07, 6.45) is 1.39. The van der Waals surface area contributed by atoms with E-state index >= 15 is 0 Å². The van der Waals surface area contributed by atoms with Crippen molar-refractivity contribution in [3.05, 3.63) is 22.7 Å². The molecular weight excluding hydrogens is 353 g/mol. The molecule has 7 heteroatoms. The molecule has 0 aliphatic rings. The van der Waals surface area contributed by atoms with Gasteiger partial charge in [0, 0.05) is 24.5 Å². The molecule has 0 bridgehead atoms. The summed E-state index contributed by atoms with van der Waals surface area (Å²) in [5.41, 5.74) is 1.98. The van der Waals surface area contributed by atoms with Gasteiger partial charge in [-0.05, 0) is 45.1 Å². The second-order valence-corrected chi connectivity index (χ2v) is 7.11. The van der Waals surface area contributed by atoms with Crippen LogP contribution in [-0.2, 0) is 4.79 Å². The number of rotatable bonds is 6. The molecular formula is C16H23Cl2N3OS. The minimum atomic E-state index is 0. The Balaban J connectivity index is 0.00000264. The highest BCUT2D eigenvalue weighted by Gasteiger charge is 2.19. The Morgan fingerprint density at radius 3 is 2.61 bits per heavy atom. The maximum Gasteiger partial charge on any atom is 0.228 e. The van der Waals surface area contributed by atoms with Crippen LogP contribution in [0.1, 0.15) is 25.3 Å². The van der Waals surface area contributed by atoms with Crippen LogP contribution in [0.4, 0.5) is 5.13 Å². The van der Waals surface area contributed by atoms with E-state index in [-0.39, 0.29) is 18.3 Å². The van der Waals surface area contributed by atoms with E-state index in [0.29, 0.717) is 18.0 Å². The Morgan fingerprint density at radius 2 is 2.00 bits per heavy atom. The lowest BCUT2D eigenvalue weighted by Crippen LogP contribution is -2.36. The van der Waals surface area contributed by atoms with Crippen LogP contribution in [0.5, 0.6) is 0 Å². The highest BCUT2D eigenvalue weighted by atomic mass is 35.5. The highest BCUT2D eigenvalue weighted by molar-refractivity contribution is 7.22. The summed E-state index contributed by atoms with van der Waals surface area (Å²) in [6, 6.07) is 3.82. The first-order valence-electron chi connectivity index (χ1n) is 7.44. The fraction of sp³-hybridized carbons (Fsp3) is 0.500. The number of halogens is 2. The summed E-state index contributed by atoms with van der Waals surface area (Å²) in [7, 11) is 4.01. The molecule has 0 unspecified atom stereocenters. The van der Waals surface area contributed by atoms with Gasteiger partial charge in [0.1, 0.15) is 0 Å². The summed E-state index contributed by atoms with van der Waals surface area (Å²) < 4.78 is 1.03. The number of nitrogens with zero attached hydrogens (tertiary/aromatic N) is 3. The van der Waals surface area contributed by atoms with E-state index in [0.717, 1.165) is 33.9 Å². The molecule has 0 saturated carbocycles. The van der Waals surface area contributed by atoms with Crippen LogP contribution in [0, 0.1) is 6.92 Å². The van der Waals surface area contributed by atoms with Crippen molar-refractivity contribution < 1.29 is 4.79 Å². The fourth-order valence-electron chi connectivity index (χ4n) is 2.23. The molecule has 1 aromatic carbocycles. The van der Waals surface area contributed by atoms with Gasteiger partial charge in [0.15, 0.2) is 5.13 Å². The van der Waals surface area contributed by atoms with E-state index in [2.05, 4.69) is 9.88 Å². The zero-order valence-electron chi connectivity index (χ0n) is 13.9. The fourth-order valence-corrected chi connectivity index (χ4v) is 3.70. The lowest BCUT2D eigenvalue weighted by atomic mass is 10.2. The lowest BCUT2D eigenvalue weighted by Gasteiger charge is -2.21. The Labute approximate surface area is 152 Å². The first-order valence-corrected chi connectivity index (χ1v) is 8.63. The van der Waals surface area contributed by atoms with Gasteiger partial charge in [-0.15, -0.1) is 12.4 Å². The van der Waals surface area contributed by atoms with Crippen LogP contribution in [0.3, 0.4) is 0 Å². The van der Waals surface area contributed by atoms with Gasteiger partial charge in [0.25, 0.3) is 0 Å². The molecule has 0 radical (unpaired) electrons. The van der Waals surface area contributed by atoms with Gasteiger partial charge in [0.05, 0.1) is 10.2 Å². The minimum Gasteiger partial charge on any atom is -0.308 e. The number of thiazole rings is 1. The number of benzene rings is 1. The van der Waals surface area contributed by atoms with E-state index in [9.17, 15) is 4.79 Å². The van der Waals surface area contributed by atoms with Crippen LogP contribution in [0.15, 0.2) is 12.1 Å². The van der Waals surface area contributed by atoms with Gasteiger partial charge in [-0.25, -0.2) is 4.98 Å². The maximum absolute atomic E-state index is 12.4. The Morgan fingerprint density at radius 1 is 1.30 bits per heavy atom. The second kappa shape index (κ2) is 8.83. The summed E-state index contributed by atoms with van der Waals surface area (Å²) in [5.74, 6) is 0.132. The second-order valence-electron chi connectivity index (χ2n) is 5.66. The molecule has 0 fully saturated rings. The number of likely N-dealkylation sites (N-methyl/N-ethyl adjacent to an activating group) is 1. The monoisotopic (exact) mass is 375 g/mol. The average Bonchev–Trinajstić information content (AvgIpc) is 2.82. The number of hydrogen-bond donors (Lipinski definition) is 0. The van der Waals surface area contributed by atoms with Crippen molar-refractivity contribution in [2.45, 2.75) is 26.7 Å². The Bertz CT molecular complexity index is 673. The van der Waals surface area contributed by atoms with Gasteiger partial charge >= 0.3 is 0 Å². The number of aryl methyl sites for hydroxylation is 1. The first-order chi connectivity index (χ1) is 10.4. The number of carbonyl (C=O) groups excluding carboxylic acids is 1. The first kappa shape index (κ1) is 20.2. The average molecular weight is 376 g/mol. The van der Waals surface area contributed by atoms with Crippen LogP contribution in [0.2, 0.25) is 5.02 Å². The van der Waals surface area contributed by atoms with Gasteiger partial charge in [-0.1, -0.05) is 29.9 Å². The SMILES string of the molecule is CCCC(=O)N(CCN(C)C)c1nc2c(C)cc(Cl)cc2s1.Cl. The number of amides is 1. The maximum atomic E-state index is 12.4. The minimum absolute atomic E-state index is 0. The van der Waals surface area contributed by atoms with Crippen molar-refractivity contribution in [2.75, 3.05) is 32.1 Å². The molecule has 2 rings (SSSR count). The van der Waals surface area contributed by atoms with Crippen LogP contribution in [-0.4, -0.2) is 43.0 Å². The topological polar surface area (TPSA) is 36.4 Å². The number of fused-ring (bicyclic) bond motifs is 1. The molecule has 23 heavy (non-hydrogen) atoms. The molecule has 4 nitrogen and oxygen atoms in total. The molecule has 1 amide bonds. The van der Waals surface area contributed by atoms with Gasteiger partial charge < -0.3 is 4.90 Å². The van der Waals surface area contributed by atoms with Crippen LogP contribution >= 0.6 is 35.3 Å². The predicted molar refractivity (Wildman–Crippen MR) is 102 cm³/mol. The van der Waals surface area contributed by atoms with Crippen LogP contribution in [0.25, 0.3) is 10.2 Å².